The number of hydrogen-bond donors (Lipinski definition) is 1. The lowest BCUT2D eigenvalue weighted by molar-refractivity contribution is -0.144. The molecular formula is C10H13NO4. The molecule has 1 atom stereocenters. The molecule has 1 N–H and O–H groups in total. The fraction of sp³-hybridized carbons (Fsp3) is 0.400. The van der Waals surface area contributed by atoms with Crippen molar-refractivity contribution in [1.29, 1.82) is 0 Å². The van der Waals surface area contributed by atoms with Crippen LogP contribution in [-0.4, -0.2) is 25.3 Å². The smallest absolute Gasteiger partial charge is 0.332 e. The zero-order chi connectivity index (χ0) is 11.3. The van der Waals surface area contributed by atoms with Crippen molar-refractivity contribution >= 4 is 11.9 Å². The maximum absolute atomic E-state index is 11.1. The molecule has 5 heteroatoms. The molecule has 1 saturated heterocycles. The Kier molecular flexibility index (Phi) is 3.91. The normalized spacial score (nSPS) is 20.1. The van der Waals surface area contributed by atoms with E-state index in [2.05, 4.69) is 16.6 Å². The minimum absolute atomic E-state index is 0.340. The number of allylic oxidation sites excluding steroid dienone is 1. The summed E-state index contributed by atoms with van der Waals surface area (Å²) in [6.07, 6.45) is 3.21. The summed E-state index contributed by atoms with van der Waals surface area (Å²) in [5, 5.41) is 2.90. The average Bonchev–Trinajstić information content (AvgIpc) is 2.60. The van der Waals surface area contributed by atoms with E-state index in [1.54, 1.807) is 0 Å². The molecule has 1 rings (SSSR count). The maximum atomic E-state index is 11.1. The van der Waals surface area contributed by atoms with Crippen molar-refractivity contribution in [2.75, 3.05) is 7.11 Å². The second kappa shape index (κ2) is 5.19. The van der Waals surface area contributed by atoms with Gasteiger partial charge in [0.15, 0.2) is 6.23 Å². The second-order valence-electron chi connectivity index (χ2n) is 3.07. The fourth-order valence-electron chi connectivity index (χ4n) is 1.15. The third-order valence-corrected chi connectivity index (χ3v) is 1.89. The van der Waals surface area contributed by atoms with Gasteiger partial charge in [-0.15, -0.1) is 0 Å². The minimum Gasteiger partial charge on any atom is -0.466 e. The van der Waals surface area contributed by atoms with E-state index >= 15 is 0 Å². The number of ether oxygens (including phenoxy) is 2. The predicted molar refractivity (Wildman–Crippen MR) is 52.5 cm³/mol. The molecule has 0 bridgehead atoms. The van der Waals surface area contributed by atoms with E-state index in [0.29, 0.717) is 6.42 Å². The zero-order valence-corrected chi connectivity index (χ0v) is 8.49. The van der Waals surface area contributed by atoms with E-state index < -0.39 is 11.9 Å². The van der Waals surface area contributed by atoms with Gasteiger partial charge in [-0.2, -0.15) is 0 Å². The summed E-state index contributed by atoms with van der Waals surface area (Å²) in [5.74, 6) is -1.16. The molecule has 1 heterocycles. The van der Waals surface area contributed by atoms with Crippen LogP contribution in [-0.2, 0) is 19.1 Å². The average molecular weight is 211 g/mol. The highest BCUT2D eigenvalue weighted by Crippen LogP contribution is 2.14. The highest BCUT2D eigenvalue weighted by Gasteiger charge is 2.19. The van der Waals surface area contributed by atoms with Crippen molar-refractivity contribution in [3.63, 3.8) is 0 Å². The Morgan fingerprint density at radius 2 is 2.13 bits per heavy atom. The number of methoxy groups -OCH3 is 1. The number of carbonyl (C=O) groups excluding carboxylic acids is 2. The van der Waals surface area contributed by atoms with Crippen LogP contribution in [0.2, 0.25) is 0 Å². The summed E-state index contributed by atoms with van der Waals surface area (Å²) in [4.78, 5) is 21.8. The van der Waals surface area contributed by atoms with Crippen molar-refractivity contribution in [1.82, 2.24) is 5.32 Å². The van der Waals surface area contributed by atoms with Gasteiger partial charge in [0.2, 0.25) is 0 Å². The van der Waals surface area contributed by atoms with Crippen LogP contribution in [0.5, 0.6) is 0 Å². The Balaban J connectivity index is 2.33. The molecular weight excluding hydrogens is 198 g/mol. The van der Waals surface area contributed by atoms with E-state index in [1.165, 1.54) is 7.11 Å². The Bertz CT molecular complexity index is 309. The van der Waals surface area contributed by atoms with E-state index in [0.717, 1.165) is 24.3 Å². The Labute approximate surface area is 87.7 Å². The Morgan fingerprint density at radius 3 is 2.67 bits per heavy atom. The van der Waals surface area contributed by atoms with Crippen molar-refractivity contribution in [2.45, 2.75) is 19.1 Å². The van der Waals surface area contributed by atoms with Gasteiger partial charge in [-0.3, -0.25) is 0 Å². The molecule has 1 aliphatic rings. The van der Waals surface area contributed by atoms with Gasteiger partial charge in [0.1, 0.15) is 0 Å². The molecule has 0 aromatic rings. The van der Waals surface area contributed by atoms with E-state index in [1.807, 2.05) is 0 Å². The number of rotatable bonds is 3. The topological polar surface area (TPSA) is 64.6 Å². The zero-order valence-electron chi connectivity index (χ0n) is 8.49. The number of esters is 2. The van der Waals surface area contributed by atoms with E-state index in [-0.39, 0.29) is 6.23 Å². The number of carbonyl (C=O) groups is 2. The SMILES string of the molecule is C=C1CC[C@H](OC(=O)/C=C/C(=O)OC)N1. The van der Waals surface area contributed by atoms with Gasteiger partial charge in [-0.05, 0) is 6.42 Å². The van der Waals surface area contributed by atoms with Gasteiger partial charge in [-0.25, -0.2) is 9.59 Å². The van der Waals surface area contributed by atoms with Gasteiger partial charge < -0.3 is 14.8 Å². The van der Waals surface area contributed by atoms with Gasteiger partial charge in [0.05, 0.1) is 7.11 Å². The maximum Gasteiger partial charge on any atom is 0.332 e. The minimum atomic E-state index is -0.587. The lowest BCUT2D eigenvalue weighted by Crippen LogP contribution is -2.25. The Morgan fingerprint density at radius 1 is 1.47 bits per heavy atom. The van der Waals surface area contributed by atoms with Crippen LogP contribution in [0.4, 0.5) is 0 Å². The first-order valence-corrected chi connectivity index (χ1v) is 4.53. The van der Waals surface area contributed by atoms with Crippen LogP contribution in [0.15, 0.2) is 24.4 Å². The van der Waals surface area contributed by atoms with Gasteiger partial charge in [-0.1, -0.05) is 6.58 Å². The van der Waals surface area contributed by atoms with Crippen molar-refractivity contribution in [3.05, 3.63) is 24.4 Å². The quantitative estimate of drug-likeness (QED) is 0.543. The van der Waals surface area contributed by atoms with Crippen LogP contribution >= 0.6 is 0 Å². The largest absolute Gasteiger partial charge is 0.466 e. The molecule has 5 nitrogen and oxygen atoms in total. The molecule has 0 aromatic carbocycles. The van der Waals surface area contributed by atoms with Gasteiger partial charge in [0.25, 0.3) is 0 Å². The third kappa shape index (κ3) is 3.84. The van der Waals surface area contributed by atoms with E-state index in [4.69, 9.17) is 4.74 Å². The van der Waals surface area contributed by atoms with Crippen molar-refractivity contribution in [3.8, 4) is 0 Å². The Hall–Kier alpha value is -1.78. The predicted octanol–water partition coefficient (Wildman–Crippen LogP) is 0.482. The molecule has 0 radical (unpaired) electrons. The summed E-state index contributed by atoms with van der Waals surface area (Å²) in [6.45, 7) is 3.70. The summed E-state index contributed by atoms with van der Waals surface area (Å²) in [6, 6.07) is 0. The van der Waals surface area contributed by atoms with Crippen LogP contribution in [0, 0.1) is 0 Å². The van der Waals surface area contributed by atoms with Crippen LogP contribution < -0.4 is 5.32 Å². The van der Waals surface area contributed by atoms with Crippen molar-refractivity contribution < 1.29 is 19.1 Å². The molecule has 0 unspecified atom stereocenters. The summed E-state index contributed by atoms with van der Waals surface area (Å²) in [5.41, 5.74) is 0.852. The van der Waals surface area contributed by atoms with E-state index in [9.17, 15) is 9.59 Å². The summed E-state index contributed by atoms with van der Waals surface area (Å²) in [7, 11) is 1.24. The highest BCUT2D eigenvalue weighted by molar-refractivity contribution is 5.91. The van der Waals surface area contributed by atoms with Crippen LogP contribution in [0.3, 0.4) is 0 Å². The third-order valence-electron chi connectivity index (χ3n) is 1.89. The summed E-state index contributed by atoms with van der Waals surface area (Å²) >= 11 is 0. The molecule has 0 spiro atoms. The second-order valence-corrected chi connectivity index (χ2v) is 3.07. The monoisotopic (exact) mass is 211 g/mol. The van der Waals surface area contributed by atoms with Gasteiger partial charge >= 0.3 is 11.9 Å². The summed E-state index contributed by atoms with van der Waals surface area (Å²) < 4.78 is 9.30. The molecule has 0 aliphatic carbocycles. The van der Waals surface area contributed by atoms with Crippen molar-refractivity contribution in [2.24, 2.45) is 0 Å². The number of nitrogens with one attached hydrogen (secondary N) is 1. The standard InChI is InChI=1S/C10H13NO4/c1-7-3-4-8(11-7)15-10(13)6-5-9(12)14-2/h5-6,8,11H,1,3-4H2,2H3/b6-5+/t8-/m0/s1. The molecule has 0 saturated carbocycles. The first-order valence-electron chi connectivity index (χ1n) is 4.53. The number of hydrogen-bond acceptors (Lipinski definition) is 5. The van der Waals surface area contributed by atoms with Crippen LogP contribution in [0.25, 0.3) is 0 Å². The molecule has 1 aliphatic heterocycles. The first kappa shape index (κ1) is 11.3. The first-order chi connectivity index (χ1) is 7.11. The molecule has 1 fully saturated rings. The molecule has 82 valence electrons. The molecule has 0 amide bonds. The highest BCUT2D eigenvalue weighted by atomic mass is 16.6. The van der Waals surface area contributed by atoms with Gasteiger partial charge in [0, 0.05) is 24.3 Å². The lowest BCUT2D eigenvalue weighted by atomic mass is 10.3. The lowest BCUT2D eigenvalue weighted by Gasteiger charge is -2.10. The molecule has 15 heavy (non-hydrogen) atoms. The fourth-order valence-corrected chi connectivity index (χ4v) is 1.15. The molecule has 0 aromatic heterocycles. The van der Waals surface area contributed by atoms with Crippen LogP contribution in [0.1, 0.15) is 12.8 Å².